The largest absolute Gasteiger partial charge is 0.480 e. The van der Waals surface area contributed by atoms with Gasteiger partial charge in [0, 0.05) is 6.54 Å². The molecule has 1 N–H and O–H groups in total. The van der Waals surface area contributed by atoms with Gasteiger partial charge in [-0.05, 0) is 30.9 Å². The molecule has 1 aromatic carbocycles. The van der Waals surface area contributed by atoms with Crippen LogP contribution in [0.3, 0.4) is 0 Å². The van der Waals surface area contributed by atoms with E-state index in [1.54, 1.807) is 0 Å². The topological polar surface area (TPSA) is 57.6 Å². The second-order valence-electron chi connectivity index (χ2n) is 5.25. The Morgan fingerprint density at radius 3 is 2.76 bits per heavy atom. The lowest BCUT2D eigenvalue weighted by atomic mass is 9.88. The molecule has 0 spiro atoms. The van der Waals surface area contributed by atoms with Crippen molar-refractivity contribution in [2.24, 2.45) is 5.92 Å². The molecule has 1 saturated heterocycles. The molecule has 2 unspecified atom stereocenters. The number of halogens is 2. The summed E-state index contributed by atoms with van der Waals surface area (Å²) in [5, 5.41) is 9.34. The molecule has 1 fully saturated rings. The molecule has 21 heavy (non-hydrogen) atoms. The number of aliphatic carboxylic acids is 1. The van der Waals surface area contributed by atoms with Crippen molar-refractivity contribution < 1.29 is 19.1 Å². The monoisotopic (exact) mass is 313 g/mol. The Labute approximate surface area is 127 Å². The zero-order chi connectivity index (χ0) is 15.6. The maximum atomic E-state index is 13.8. The summed E-state index contributed by atoms with van der Waals surface area (Å²) in [7, 11) is 0. The summed E-state index contributed by atoms with van der Waals surface area (Å²) in [5.41, 5.74) is -0.250. The first-order chi connectivity index (χ1) is 9.95. The van der Waals surface area contributed by atoms with Crippen molar-refractivity contribution in [2.45, 2.75) is 32.2 Å². The fourth-order valence-corrected chi connectivity index (χ4v) is 2.98. The van der Waals surface area contributed by atoms with Crippen LogP contribution in [0.1, 0.15) is 36.5 Å². The summed E-state index contributed by atoms with van der Waals surface area (Å²) >= 11 is 5.89. The highest BCUT2D eigenvalue weighted by Gasteiger charge is 2.37. The number of benzene rings is 1. The van der Waals surface area contributed by atoms with E-state index in [4.69, 9.17) is 11.6 Å². The van der Waals surface area contributed by atoms with Gasteiger partial charge in [-0.25, -0.2) is 9.18 Å². The number of carboxylic acid groups (broad SMARTS) is 1. The number of carboxylic acids is 1. The third-order valence-electron chi connectivity index (χ3n) is 4.01. The maximum Gasteiger partial charge on any atom is 0.326 e. The van der Waals surface area contributed by atoms with Crippen molar-refractivity contribution in [3.8, 4) is 0 Å². The molecule has 1 aliphatic rings. The lowest BCUT2D eigenvalue weighted by molar-refractivity contribution is -0.144. The molecule has 4 nitrogen and oxygen atoms in total. The Bertz CT molecular complexity index is 544. The van der Waals surface area contributed by atoms with Gasteiger partial charge in [0.15, 0.2) is 0 Å². The SMILES string of the molecule is CCC1CCN(C(=O)c2c(F)cccc2Cl)C(C(=O)O)C1. The van der Waals surface area contributed by atoms with Gasteiger partial charge in [-0.1, -0.05) is 31.0 Å². The number of carbonyl (C=O) groups excluding carboxylic acids is 1. The number of carbonyl (C=O) groups is 2. The molecule has 1 aromatic rings. The van der Waals surface area contributed by atoms with Crippen LogP contribution in [0.4, 0.5) is 4.39 Å². The maximum absolute atomic E-state index is 13.8. The summed E-state index contributed by atoms with van der Waals surface area (Å²) < 4.78 is 13.8. The van der Waals surface area contributed by atoms with Crippen molar-refractivity contribution in [3.63, 3.8) is 0 Å². The molecule has 2 rings (SSSR count). The molecular weight excluding hydrogens is 297 g/mol. The number of hydrogen-bond donors (Lipinski definition) is 1. The van der Waals surface area contributed by atoms with Crippen molar-refractivity contribution in [1.29, 1.82) is 0 Å². The molecule has 6 heteroatoms. The molecular formula is C15H17ClFNO3. The minimum atomic E-state index is -1.06. The Morgan fingerprint density at radius 2 is 2.19 bits per heavy atom. The van der Waals surface area contributed by atoms with Gasteiger partial charge in [0.05, 0.1) is 10.6 Å². The molecule has 0 bridgehead atoms. The van der Waals surface area contributed by atoms with Crippen LogP contribution in [0.25, 0.3) is 0 Å². The second-order valence-corrected chi connectivity index (χ2v) is 5.66. The van der Waals surface area contributed by atoms with Gasteiger partial charge in [0.25, 0.3) is 5.91 Å². The molecule has 114 valence electrons. The van der Waals surface area contributed by atoms with Gasteiger partial charge in [0.2, 0.25) is 0 Å². The number of likely N-dealkylation sites (tertiary alicyclic amines) is 1. The Hall–Kier alpha value is -1.62. The summed E-state index contributed by atoms with van der Waals surface area (Å²) in [6.45, 7) is 2.30. The van der Waals surface area contributed by atoms with Gasteiger partial charge >= 0.3 is 5.97 Å². The molecule has 1 heterocycles. The molecule has 0 saturated carbocycles. The second kappa shape index (κ2) is 6.43. The highest BCUT2D eigenvalue weighted by atomic mass is 35.5. The fraction of sp³-hybridized carbons (Fsp3) is 0.467. The van der Waals surface area contributed by atoms with E-state index < -0.39 is 23.7 Å². The van der Waals surface area contributed by atoms with Crippen molar-refractivity contribution in [3.05, 3.63) is 34.6 Å². The van der Waals surface area contributed by atoms with Gasteiger partial charge in [0.1, 0.15) is 11.9 Å². The number of amides is 1. The van der Waals surface area contributed by atoms with Crippen molar-refractivity contribution >= 4 is 23.5 Å². The first-order valence-corrected chi connectivity index (χ1v) is 7.31. The van der Waals surface area contributed by atoms with E-state index >= 15 is 0 Å². The predicted octanol–water partition coefficient (Wildman–Crippen LogP) is 3.19. The summed E-state index contributed by atoms with van der Waals surface area (Å²) in [6.07, 6.45) is 1.98. The Balaban J connectivity index is 2.31. The number of piperidine rings is 1. The molecule has 2 atom stereocenters. The van der Waals surface area contributed by atoms with E-state index in [-0.39, 0.29) is 16.5 Å². The van der Waals surface area contributed by atoms with Crippen LogP contribution in [0.2, 0.25) is 5.02 Å². The molecule has 0 aliphatic carbocycles. The van der Waals surface area contributed by atoms with E-state index in [2.05, 4.69) is 0 Å². The first kappa shape index (κ1) is 15.8. The standard InChI is InChI=1S/C15H17ClFNO3/c1-2-9-6-7-18(12(8-9)15(20)21)14(19)13-10(16)4-3-5-11(13)17/h3-5,9,12H,2,6-8H2,1H3,(H,20,21). The molecule has 0 aromatic heterocycles. The van der Waals surface area contributed by atoms with Crippen LogP contribution in [0, 0.1) is 11.7 Å². The fourth-order valence-electron chi connectivity index (χ4n) is 2.73. The smallest absolute Gasteiger partial charge is 0.326 e. The Morgan fingerprint density at radius 1 is 1.48 bits per heavy atom. The lowest BCUT2D eigenvalue weighted by Gasteiger charge is -2.37. The number of rotatable bonds is 3. The van der Waals surface area contributed by atoms with Crippen LogP contribution >= 0.6 is 11.6 Å². The zero-order valence-corrected chi connectivity index (χ0v) is 12.4. The Kier molecular flexibility index (Phi) is 4.83. The first-order valence-electron chi connectivity index (χ1n) is 6.93. The van der Waals surface area contributed by atoms with Crippen molar-refractivity contribution in [1.82, 2.24) is 4.90 Å². The minimum absolute atomic E-state index is 0.00162. The number of nitrogens with zero attached hydrogens (tertiary/aromatic N) is 1. The summed E-state index contributed by atoms with van der Waals surface area (Å²) in [6, 6.07) is 3.05. The average molecular weight is 314 g/mol. The lowest BCUT2D eigenvalue weighted by Crippen LogP contribution is -2.50. The number of hydrogen-bond acceptors (Lipinski definition) is 2. The normalized spacial score (nSPS) is 22.1. The third kappa shape index (κ3) is 3.18. The van der Waals surface area contributed by atoms with Gasteiger partial charge in [-0.15, -0.1) is 0 Å². The van der Waals surface area contributed by atoms with Gasteiger partial charge in [-0.2, -0.15) is 0 Å². The third-order valence-corrected chi connectivity index (χ3v) is 4.33. The molecule has 0 radical (unpaired) electrons. The summed E-state index contributed by atoms with van der Waals surface area (Å²) in [4.78, 5) is 25.1. The highest BCUT2D eigenvalue weighted by molar-refractivity contribution is 6.33. The molecule has 1 aliphatic heterocycles. The van der Waals surface area contributed by atoms with Crippen LogP contribution in [-0.2, 0) is 4.79 Å². The summed E-state index contributed by atoms with van der Waals surface area (Å²) in [5.74, 6) is -2.17. The predicted molar refractivity (Wildman–Crippen MR) is 76.9 cm³/mol. The molecule has 1 amide bonds. The van der Waals surface area contributed by atoms with Crippen LogP contribution in [0.15, 0.2) is 18.2 Å². The van der Waals surface area contributed by atoms with E-state index in [1.165, 1.54) is 17.0 Å². The highest BCUT2D eigenvalue weighted by Crippen LogP contribution is 2.29. The van der Waals surface area contributed by atoms with Crippen molar-refractivity contribution in [2.75, 3.05) is 6.54 Å². The minimum Gasteiger partial charge on any atom is -0.480 e. The van der Waals surface area contributed by atoms with E-state index in [0.717, 1.165) is 18.9 Å². The van der Waals surface area contributed by atoms with Gasteiger partial charge < -0.3 is 10.0 Å². The van der Waals surface area contributed by atoms with E-state index in [9.17, 15) is 19.1 Å². The van der Waals surface area contributed by atoms with E-state index in [0.29, 0.717) is 13.0 Å². The average Bonchev–Trinajstić information content (AvgIpc) is 2.46. The van der Waals surface area contributed by atoms with E-state index in [1.807, 2.05) is 6.92 Å². The van der Waals surface area contributed by atoms with Crippen LogP contribution in [-0.4, -0.2) is 34.5 Å². The van der Waals surface area contributed by atoms with Gasteiger partial charge in [-0.3, -0.25) is 4.79 Å². The van der Waals surface area contributed by atoms with Crippen LogP contribution < -0.4 is 0 Å². The zero-order valence-electron chi connectivity index (χ0n) is 11.7. The quantitative estimate of drug-likeness (QED) is 0.932. The van der Waals surface area contributed by atoms with Crippen LogP contribution in [0.5, 0.6) is 0 Å².